The maximum absolute atomic E-state index is 12.9. The van der Waals surface area contributed by atoms with Gasteiger partial charge in [0.25, 0.3) is 5.91 Å². The van der Waals surface area contributed by atoms with E-state index in [1.54, 1.807) is 57.7 Å². The van der Waals surface area contributed by atoms with Gasteiger partial charge in [-0.25, -0.2) is 0 Å². The molecule has 0 radical (unpaired) electrons. The van der Waals surface area contributed by atoms with Crippen molar-refractivity contribution in [2.45, 2.75) is 18.8 Å². The third-order valence-corrected chi connectivity index (χ3v) is 5.73. The molecule has 1 atom stereocenters. The molecule has 4 rings (SSSR count). The molecule has 1 unspecified atom stereocenters. The molecule has 0 aliphatic carbocycles. The van der Waals surface area contributed by atoms with Crippen LogP contribution < -0.4 is 14.2 Å². The molecular weight excluding hydrogens is 434 g/mol. The number of carbonyl (C=O) groups is 1. The summed E-state index contributed by atoms with van der Waals surface area (Å²) in [5, 5.41) is 4.69. The second kappa shape index (κ2) is 9.48. The molecule has 1 fully saturated rings. The highest BCUT2D eigenvalue weighted by Crippen LogP contribution is 2.41. The lowest BCUT2D eigenvalue weighted by Crippen LogP contribution is -2.39. The zero-order valence-electron chi connectivity index (χ0n) is 18.1. The predicted octanol–water partition coefficient (Wildman–Crippen LogP) is 4.44. The Morgan fingerprint density at radius 1 is 1.12 bits per heavy atom. The largest absolute Gasteiger partial charge is 0.493 e. The number of nitrogens with zero attached hydrogens (tertiary/aromatic N) is 3. The van der Waals surface area contributed by atoms with Crippen LogP contribution in [0.3, 0.4) is 0 Å². The van der Waals surface area contributed by atoms with Gasteiger partial charge in [-0.3, -0.25) is 4.79 Å². The highest BCUT2D eigenvalue weighted by atomic mass is 35.5. The van der Waals surface area contributed by atoms with Crippen LogP contribution in [0.5, 0.6) is 17.2 Å². The summed E-state index contributed by atoms with van der Waals surface area (Å²) in [6.45, 7) is 1.18. The number of carbonyl (C=O) groups excluding carboxylic acids is 1. The summed E-state index contributed by atoms with van der Waals surface area (Å²) in [5.74, 6) is 2.31. The predicted molar refractivity (Wildman–Crippen MR) is 119 cm³/mol. The number of benzene rings is 2. The first-order valence-corrected chi connectivity index (χ1v) is 10.6. The van der Waals surface area contributed by atoms with Gasteiger partial charge < -0.3 is 23.6 Å². The standard InChI is InChI=1S/C23H24ClN3O5/c1-29-18-11-16(12-19(30-2)20(18)31-3)21-25-22(32-26-21)15-7-5-9-27(13-15)23(28)14-6-4-8-17(24)10-14/h4,6,8,10-12,15H,5,7,9,13H2,1-3H3. The molecule has 3 aromatic rings. The number of methoxy groups -OCH3 is 3. The summed E-state index contributed by atoms with van der Waals surface area (Å²) in [4.78, 5) is 19.3. The Balaban J connectivity index is 1.55. The first-order valence-electron chi connectivity index (χ1n) is 10.2. The van der Waals surface area contributed by atoms with Gasteiger partial charge in [-0.2, -0.15) is 4.98 Å². The molecule has 9 heteroatoms. The smallest absolute Gasteiger partial charge is 0.253 e. The van der Waals surface area contributed by atoms with Crippen molar-refractivity contribution in [3.63, 3.8) is 0 Å². The van der Waals surface area contributed by atoms with Crippen LogP contribution in [0.2, 0.25) is 5.02 Å². The molecule has 2 aromatic carbocycles. The lowest BCUT2D eigenvalue weighted by Gasteiger charge is -2.31. The molecule has 1 aliphatic heterocycles. The molecule has 32 heavy (non-hydrogen) atoms. The van der Waals surface area contributed by atoms with Crippen LogP contribution in [-0.4, -0.2) is 55.4 Å². The summed E-state index contributed by atoms with van der Waals surface area (Å²) in [6.07, 6.45) is 1.70. The van der Waals surface area contributed by atoms with Crippen LogP contribution in [0, 0.1) is 0 Å². The Hall–Kier alpha value is -3.26. The Morgan fingerprint density at radius 2 is 1.88 bits per heavy atom. The van der Waals surface area contributed by atoms with E-state index in [1.807, 2.05) is 4.90 Å². The highest BCUT2D eigenvalue weighted by Gasteiger charge is 2.29. The van der Waals surface area contributed by atoms with Crippen molar-refractivity contribution < 1.29 is 23.5 Å². The number of likely N-dealkylation sites (tertiary alicyclic amines) is 1. The number of amides is 1. The van der Waals surface area contributed by atoms with Gasteiger partial charge >= 0.3 is 0 Å². The topological polar surface area (TPSA) is 86.9 Å². The monoisotopic (exact) mass is 457 g/mol. The average Bonchev–Trinajstić information content (AvgIpc) is 3.33. The second-order valence-corrected chi connectivity index (χ2v) is 7.91. The maximum Gasteiger partial charge on any atom is 0.253 e. The number of piperidine rings is 1. The van der Waals surface area contributed by atoms with E-state index in [0.29, 0.717) is 58.2 Å². The van der Waals surface area contributed by atoms with Crippen LogP contribution in [-0.2, 0) is 0 Å². The van der Waals surface area contributed by atoms with Crippen molar-refractivity contribution in [3.05, 3.63) is 52.9 Å². The van der Waals surface area contributed by atoms with Crippen molar-refractivity contribution >= 4 is 17.5 Å². The van der Waals surface area contributed by atoms with Crippen LogP contribution in [0.1, 0.15) is 35.0 Å². The van der Waals surface area contributed by atoms with Gasteiger partial charge in [-0.1, -0.05) is 22.8 Å². The van der Waals surface area contributed by atoms with E-state index in [4.69, 9.17) is 30.3 Å². The minimum Gasteiger partial charge on any atom is -0.493 e. The molecule has 1 aliphatic rings. The van der Waals surface area contributed by atoms with Crippen molar-refractivity contribution in [1.82, 2.24) is 15.0 Å². The molecule has 1 amide bonds. The van der Waals surface area contributed by atoms with Gasteiger partial charge in [0.1, 0.15) is 0 Å². The number of halogens is 1. The number of rotatable bonds is 6. The highest BCUT2D eigenvalue weighted by molar-refractivity contribution is 6.30. The first-order chi connectivity index (χ1) is 15.5. The Morgan fingerprint density at radius 3 is 2.53 bits per heavy atom. The normalized spacial score (nSPS) is 16.0. The lowest BCUT2D eigenvalue weighted by molar-refractivity contribution is 0.0695. The molecule has 168 valence electrons. The third-order valence-electron chi connectivity index (χ3n) is 5.49. The van der Waals surface area contributed by atoms with Crippen LogP contribution in [0.25, 0.3) is 11.4 Å². The van der Waals surface area contributed by atoms with Gasteiger partial charge in [0.05, 0.1) is 27.2 Å². The first kappa shape index (κ1) is 22.0. The van der Waals surface area contributed by atoms with Crippen molar-refractivity contribution in [2.75, 3.05) is 34.4 Å². The van der Waals surface area contributed by atoms with Crippen LogP contribution in [0.15, 0.2) is 40.9 Å². The summed E-state index contributed by atoms with van der Waals surface area (Å²) in [5.41, 5.74) is 1.25. The van der Waals surface area contributed by atoms with E-state index in [9.17, 15) is 4.79 Å². The zero-order chi connectivity index (χ0) is 22.7. The van der Waals surface area contributed by atoms with E-state index in [1.165, 1.54) is 0 Å². The minimum absolute atomic E-state index is 0.0461. The Bertz CT molecular complexity index is 1090. The van der Waals surface area contributed by atoms with Crippen LogP contribution in [0.4, 0.5) is 0 Å². The van der Waals surface area contributed by atoms with Crippen LogP contribution >= 0.6 is 11.6 Å². The van der Waals surface area contributed by atoms with Crippen molar-refractivity contribution in [3.8, 4) is 28.6 Å². The molecule has 0 saturated carbocycles. The van der Waals surface area contributed by atoms with Gasteiger partial charge in [-0.15, -0.1) is 0 Å². The fraction of sp³-hybridized carbons (Fsp3) is 0.348. The average molecular weight is 458 g/mol. The van der Waals surface area contributed by atoms with Gasteiger partial charge in [0.15, 0.2) is 11.5 Å². The van der Waals surface area contributed by atoms with Gasteiger partial charge in [-0.05, 0) is 43.2 Å². The number of hydrogen-bond acceptors (Lipinski definition) is 7. The minimum atomic E-state index is -0.0541. The maximum atomic E-state index is 12.9. The fourth-order valence-corrected chi connectivity index (χ4v) is 4.09. The fourth-order valence-electron chi connectivity index (χ4n) is 3.90. The number of hydrogen-bond donors (Lipinski definition) is 0. The zero-order valence-corrected chi connectivity index (χ0v) is 18.9. The molecule has 0 spiro atoms. The molecule has 0 N–H and O–H groups in total. The van der Waals surface area contributed by atoms with E-state index in [-0.39, 0.29) is 11.8 Å². The molecule has 1 saturated heterocycles. The second-order valence-electron chi connectivity index (χ2n) is 7.47. The SMILES string of the molecule is COc1cc(-c2noc(C3CCCN(C(=O)c4cccc(Cl)c4)C3)n2)cc(OC)c1OC. The quantitative estimate of drug-likeness (QED) is 0.540. The van der Waals surface area contributed by atoms with Crippen molar-refractivity contribution in [2.24, 2.45) is 0 Å². The third kappa shape index (κ3) is 4.36. The summed E-state index contributed by atoms with van der Waals surface area (Å²) in [6, 6.07) is 10.5. The summed E-state index contributed by atoms with van der Waals surface area (Å²) < 4.78 is 21.8. The molecule has 1 aromatic heterocycles. The van der Waals surface area contributed by atoms with E-state index >= 15 is 0 Å². The van der Waals surface area contributed by atoms with Gasteiger partial charge in [0.2, 0.25) is 17.5 Å². The Labute approximate surface area is 191 Å². The molecule has 8 nitrogen and oxygen atoms in total. The number of aromatic nitrogens is 2. The molecule has 0 bridgehead atoms. The van der Waals surface area contributed by atoms with Crippen molar-refractivity contribution in [1.29, 1.82) is 0 Å². The number of ether oxygens (including phenoxy) is 3. The van der Waals surface area contributed by atoms with E-state index in [0.717, 1.165) is 12.8 Å². The van der Waals surface area contributed by atoms with Gasteiger partial charge in [0, 0.05) is 29.2 Å². The van der Waals surface area contributed by atoms with E-state index < -0.39 is 0 Å². The summed E-state index contributed by atoms with van der Waals surface area (Å²) >= 11 is 6.05. The molecule has 2 heterocycles. The Kier molecular flexibility index (Phi) is 6.50. The van der Waals surface area contributed by atoms with E-state index in [2.05, 4.69) is 10.1 Å². The molecular formula is C23H24ClN3O5. The lowest BCUT2D eigenvalue weighted by atomic mass is 9.97. The summed E-state index contributed by atoms with van der Waals surface area (Å²) in [7, 11) is 4.65.